The van der Waals surface area contributed by atoms with Crippen molar-refractivity contribution in [2.24, 2.45) is 7.05 Å². The predicted octanol–water partition coefficient (Wildman–Crippen LogP) is 3.07. The predicted molar refractivity (Wildman–Crippen MR) is 86.8 cm³/mol. The molecule has 0 radical (unpaired) electrons. The van der Waals surface area contributed by atoms with E-state index in [1.54, 1.807) is 29.5 Å². The second-order valence-corrected chi connectivity index (χ2v) is 7.67. The molecule has 0 fully saturated rings. The maximum Gasteiger partial charge on any atom is 0.234 e. The lowest BCUT2D eigenvalue weighted by molar-refractivity contribution is -0.646. The number of halogens is 1. The first-order chi connectivity index (χ1) is 10.7. The molecule has 0 bridgehead atoms. The van der Waals surface area contributed by atoms with Gasteiger partial charge in [0.15, 0.2) is 0 Å². The van der Waals surface area contributed by atoms with Crippen molar-refractivity contribution in [1.82, 2.24) is 0 Å². The summed E-state index contributed by atoms with van der Waals surface area (Å²) in [5.74, 6) is -0.170. The lowest BCUT2D eigenvalue weighted by Gasteiger charge is -2.05. The number of hydrogen-bond acceptors (Lipinski definition) is 4. The SMILES string of the molecule is Cc1ccc(S(=O)(=O)[O-])cc1.Cc1sc2ccc(F)cc2[n+]1C. The first kappa shape index (κ1) is 17.5. The summed E-state index contributed by atoms with van der Waals surface area (Å²) in [6.45, 7) is 3.85. The molecule has 0 aliphatic rings. The first-order valence-electron chi connectivity index (χ1n) is 6.76. The summed E-state index contributed by atoms with van der Waals surface area (Å²) in [5, 5.41) is 1.19. The number of aromatic nitrogens is 1. The third kappa shape index (κ3) is 4.34. The minimum atomic E-state index is -4.27. The van der Waals surface area contributed by atoms with Crippen LogP contribution >= 0.6 is 11.3 Å². The molecular weight excluding hydrogens is 337 g/mol. The Morgan fingerprint density at radius 1 is 1.09 bits per heavy atom. The Labute approximate surface area is 138 Å². The van der Waals surface area contributed by atoms with E-state index in [0.29, 0.717) is 0 Å². The van der Waals surface area contributed by atoms with Gasteiger partial charge in [-0.1, -0.05) is 29.0 Å². The zero-order valence-electron chi connectivity index (χ0n) is 12.9. The number of nitrogens with zero attached hydrogens (tertiary/aromatic N) is 1. The molecule has 122 valence electrons. The molecule has 0 saturated heterocycles. The quantitative estimate of drug-likeness (QED) is 0.499. The topological polar surface area (TPSA) is 61.1 Å². The van der Waals surface area contributed by atoms with Crippen molar-refractivity contribution in [1.29, 1.82) is 0 Å². The highest BCUT2D eigenvalue weighted by atomic mass is 32.2. The molecule has 0 unspecified atom stereocenters. The maximum absolute atomic E-state index is 12.8. The first-order valence-corrected chi connectivity index (χ1v) is 8.98. The van der Waals surface area contributed by atoms with Gasteiger partial charge in [0.2, 0.25) is 10.5 Å². The van der Waals surface area contributed by atoms with Crippen molar-refractivity contribution in [2.45, 2.75) is 18.7 Å². The molecule has 23 heavy (non-hydrogen) atoms. The van der Waals surface area contributed by atoms with Gasteiger partial charge in [-0.25, -0.2) is 12.8 Å². The largest absolute Gasteiger partial charge is 0.744 e. The van der Waals surface area contributed by atoms with Crippen LogP contribution in [0.25, 0.3) is 10.2 Å². The minimum absolute atomic E-state index is 0.170. The molecule has 3 aromatic rings. The third-order valence-electron chi connectivity index (χ3n) is 3.32. The Morgan fingerprint density at radius 2 is 1.70 bits per heavy atom. The number of hydrogen-bond donors (Lipinski definition) is 0. The molecule has 0 saturated carbocycles. The van der Waals surface area contributed by atoms with Crippen molar-refractivity contribution in [2.75, 3.05) is 0 Å². The Morgan fingerprint density at radius 3 is 2.26 bits per heavy atom. The summed E-state index contributed by atoms with van der Waals surface area (Å²) in [7, 11) is -2.32. The Bertz CT molecular complexity index is 932. The van der Waals surface area contributed by atoms with E-state index in [1.807, 2.05) is 31.5 Å². The van der Waals surface area contributed by atoms with Gasteiger partial charge in [0.25, 0.3) is 0 Å². The van der Waals surface area contributed by atoms with Crippen LogP contribution in [-0.2, 0) is 17.2 Å². The van der Waals surface area contributed by atoms with Crippen LogP contribution < -0.4 is 4.57 Å². The lowest BCUT2D eigenvalue weighted by atomic mass is 10.2. The molecule has 3 rings (SSSR count). The molecule has 1 aromatic heterocycles. The second kappa shape index (κ2) is 6.74. The lowest BCUT2D eigenvalue weighted by Crippen LogP contribution is -2.28. The molecule has 0 amide bonds. The molecule has 2 aromatic carbocycles. The smallest absolute Gasteiger partial charge is 0.234 e. The van der Waals surface area contributed by atoms with Crippen LogP contribution in [0.1, 0.15) is 10.6 Å². The summed E-state index contributed by atoms with van der Waals surface area (Å²) in [6.07, 6.45) is 0. The van der Waals surface area contributed by atoms with Gasteiger partial charge in [0.05, 0.1) is 4.90 Å². The van der Waals surface area contributed by atoms with E-state index in [-0.39, 0.29) is 10.7 Å². The average Bonchev–Trinajstić information content (AvgIpc) is 2.75. The minimum Gasteiger partial charge on any atom is -0.744 e. The van der Waals surface area contributed by atoms with E-state index in [9.17, 15) is 17.4 Å². The van der Waals surface area contributed by atoms with E-state index in [0.717, 1.165) is 15.8 Å². The summed E-state index contributed by atoms with van der Waals surface area (Å²) < 4.78 is 47.1. The number of thiazole rings is 1. The number of rotatable bonds is 1. The Kier molecular flexibility index (Phi) is 5.13. The average molecular weight is 353 g/mol. The van der Waals surface area contributed by atoms with Crippen LogP contribution in [-0.4, -0.2) is 13.0 Å². The van der Waals surface area contributed by atoms with Crippen LogP contribution in [0.5, 0.6) is 0 Å². The Hall–Kier alpha value is -1.83. The molecule has 0 spiro atoms. The van der Waals surface area contributed by atoms with Gasteiger partial charge < -0.3 is 4.55 Å². The fraction of sp³-hybridized carbons (Fsp3) is 0.188. The van der Waals surface area contributed by atoms with Gasteiger partial charge in [-0.2, -0.15) is 4.57 Å². The molecule has 0 atom stereocenters. The fourth-order valence-corrected chi connectivity index (χ4v) is 3.40. The van der Waals surface area contributed by atoms with Crippen molar-refractivity contribution in [3.05, 3.63) is 58.9 Å². The summed E-state index contributed by atoms with van der Waals surface area (Å²) >= 11 is 1.68. The normalized spacial score (nSPS) is 11.2. The summed E-state index contributed by atoms with van der Waals surface area (Å²) in [5.41, 5.74) is 1.90. The number of aryl methyl sites for hydroxylation is 3. The van der Waals surface area contributed by atoms with Gasteiger partial charge >= 0.3 is 0 Å². The maximum atomic E-state index is 12.8. The van der Waals surface area contributed by atoms with Gasteiger partial charge in [-0.05, 0) is 31.2 Å². The van der Waals surface area contributed by atoms with Crippen LogP contribution in [0.4, 0.5) is 4.39 Å². The molecule has 4 nitrogen and oxygen atoms in total. The molecule has 0 aliphatic heterocycles. The Balaban J connectivity index is 0.000000168. The van der Waals surface area contributed by atoms with E-state index in [4.69, 9.17) is 0 Å². The van der Waals surface area contributed by atoms with Crippen LogP contribution in [0.2, 0.25) is 0 Å². The van der Waals surface area contributed by atoms with Crippen molar-refractivity contribution in [3.63, 3.8) is 0 Å². The highest BCUT2D eigenvalue weighted by Crippen LogP contribution is 2.19. The van der Waals surface area contributed by atoms with Gasteiger partial charge in [-0.15, -0.1) is 0 Å². The zero-order chi connectivity index (χ0) is 17.2. The third-order valence-corrected chi connectivity index (χ3v) is 5.31. The van der Waals surface area contributed by atoms with E-state index >= 15 is 0 Å². The van der Waals surface area contributed by atoms with Gasteiger partial charge in [0, 0.05) is 13.0 Å². The molecule has 7 heteroatoms. The second-order valence-electron chi connectivity index (χ2n) is 5.06. The monoisotopic (exact) mass is 353 g/mol. The van der Waals surface area contributed by atoms with Gasteiger partial charge in [-0.3, -0.25) is 0 Å². The molecule has 0 N–H and O–H groups in total. The molecular formula is C16H16FNO3S2. The zero-order valence-corrected chi connectivity index (χ0v) is 14.5. The fourth-order valence-electron chi connectivity index (χ4n) is 1.94. The van der Waals surface area contributed by atoms with E-state index in [2.05, 4.69) is 0 Å². The van der Waals surface area contributed by atoms with Crippen molar-refractivity contribution < 1.29 is 21.9 Å². The van der Waals surface area contributed by atoms with Crippen LogP contribution in [0.15, 0.2) is 47.4 Å². The summed E-state index contributed by atoms with van der Waals surface area (Å²) in [6, 6.07) is 10.7. The van der Waals surface area contributed by atoms with E-state index < -0.39 is 10.1 Å². The van der Waals surface area contributed by atoms with Crippen LogP contribution in [0, 0.1) is 19.7 Å². The van der Waals surface area contributed by atoms with Crippen molar-refractivity contribution in [3.8, 4) is 0 Å². The molecule has 1 heterocycles. The molecule has 0 aliphatic carbocycles. The van der Waals surface area contributed by atoms with Crippen LogP contribution in [0.3, 0.4) is 0 Å². The summed E-state index contributed by atoms with van der Waals surface area (Å²) in [4.78, 5) is -0.178. The van der Waals surface area contributed by atoms with Gasteiger partial charge in [0.1, 0.15) is 27.7 Å². The highest BCUT2D eigenvalue weighted by Gasteiger charge is 2.12. The number of benzene rings is 2. The number of fused-ring (bicyclic) bond motifs is 1. The van der Waals surface area contributed by atoms with E-state index in [1.165, 1.54) is 23.2 Å². The standard InChI is InChI=1S/C9H9FNS.C7H8O3S/c1-6-11(2)8-5-7(10)3-4-9(8)12-6;1-6-2-4-7(5-3-6)11(8,9)10/h3-5H,1-2H3;2-5H,1H3,(H,8,9,10)/q+1;/p-1. The highest BCUT2D eigenvalue weighted by molar-refractivity contribution is 7.85. The van der Waals surface area contributed by atoms with Crippen molar-refractivity contribution >= 4 is 31.7 Å².